The zero-order valence-corrected chi connectivity index (χ0v) is 12.1. The highest BCUT2D eigenvalue weighted by molar-refractivity contribution is 6.45. The monoisotopic (exact) mass is 303 g/mol. The van der Waals surface area contributed by atoms with E-state index in [4.69, 9.17) is 17.3 Å². The number of halogens is 1. The molecule has 6 heteroatoms. The molecule has 0 heterocycles. The van der Waals surface area contributed by atoms with E-state index >= 15 is 0 Å². The number of benzene rings is 2. The second-order valence-electron chi connectivity index (χ2n) is 4.48. The van der Waals surface area contributed by atoms with Crippen molar-refractivity contribution in [2.45, 2.75) is 6.92 Å². The Morgan fingerprint density at radius 3 is 2.24 bits per heavy atom. The Balaban J connectivity index is 2.06. The quantitative estimate of drug-likeness (QED) is 0.589. The second-order valence-corrected chi connectivity index (χ2v) is 4.89. The van der Waals surface area contributed by atoms with E-state index in [2.05, 4.69) is 10.6 Å². The number of nitrogen functional groups attached to an aromatic ring is 1. The first-order valence-corrected chi connectivity index (χ1v) is 6.58. The first kappa shape index (κ1) is 14.9. The molecule has 0 atom stereocenters. The predicted molar refractivity (Wildman–Crippen MR) is 84.3 cm³/mol. The van der Waals surface area contributed by atoms with Gasteiger partial charge in [-0.3, -0.25) is 9.59 Å². The van der Waals surface area contributed by atoms with Gasteiger partial charge in [0, 0.05) is 0 Å². The third kappa shape index (κ3) is 3.73. The second kappa shape index (κ2) is 6.28. The summed E-state index contributed by atoms with van der Waals surface area (Å²) in [7, 11) is 0. The summed E-state index contributed by atoms with van der Waals surface area (Å²) in [5, 5.41) is 5.25. The van der Waals surface area contributed by atoms with Gasteiger partial charge in [-0.05, 0) is 36.8 Å². The van der Waals surface area contributed by atoms with Crippen molar-refractivity contribution in [1.29, 1.82) is 0 Å². The van der Waals surface area contributed by atoms with Gasteiger partial charge in [0.25, 0.3) is 0 Å². The van der Waals surface area contributed by atoms with Crippen LogP contribution in [0.3, 0.4) is 0 Å². The van der Waals surface area contributed by atoms with Crippen molar-refractivity contribution < 1.29 is 9.59 Å². The fourth-order valence-corrected chi connectivity index (χ4v) is 1.90. The van der Waals surface area contributed by atoms with Crippen molar-refractivity contribution in [2.24, 2.45) is 0 Å². The number of aryl methyl sites for hydroxylation is 1. The topological polar surface area (TPSA) is 84.2 Å². The number of carbonyl (C=O) groups excluding carboxylic acids is 2. The average molecular weight is 304 g/mol. The van der Waals surface area contributed by atoms with Crippen molar-refractivity contribution in [3.8, 4) is 0 Å². The average Bonchev–Trinajstić information content (AvgIpc) is 2.44. The van der Waals surface area contributed by atoms with Gasteiger partial charge in [0.15, 0.2) is 0 Å². The Morgan fingerprint density at radius 2 is 1.62 bits per heavy atom. The maximum atomic E-state index is 11.8. The molecule has 0 radical (unpaired) electrons. The van der Waals surface area contributed by atoms with E-state index in [9.17, 15) is 9.59 Å². The smallest absolute Gasteiger partial charge is 0.314 e. The minimum atomic E-state index is -0.817. The number of nitrogens with one attached hydrogen (secondary N) is 2. The first-order chi connectivity index (χ1) is 9.97. The minimum Gasteiger partial charge on any atom is -0.397 e. The fourth-order valence-electron chi connectivity index (χ4n) is 1.72. The van der Waals surface area contributed by atoms with Crippen molar-refractivity contribution in [3.05, 3.63) is 53.1 Å². The van der Waals surface area contributed by atoms with Gasteiger partial charge in [-0.1, -0.05) is 29.8 Å². The van der Waals surface area contributed by atoms with E-state index in [-0.39, 0.29) is 0 Å². The van der Waals surface area contributed by atoms with Crippen molar-refractivity contribution in [1.82, 2.24) is 0 Å². The molecule has 21 heavy (non-hydrogen) atoms. The van der Waals surface area contributed by atoms with Gasteiger partial charge in [0.2, 0.25) is 0 Å². The third-order valence-corrected chi connectivity index (χ3v) is 3.11. The molecule has 4 N–H and O–H groups in total. The molecule has 0 unspecified atom stereocenters. The SMILES string of the molecule is Cc1ccc(NC(=O)C(=O)Nc2ccccc2Cl)c(N)c1. The van der Waals surface area contributed by atoms with E-state index in [1.807, 2.05) is 6.92 Å². The Bertz CT molecular complexity index is 701. The molecule has 0 bridgehead atoms. The van der Waals surface area contributed by atoms with Crippen LogP contribution in [0.5, 0.6) is 0 Å². The molecular formula is C15H14ClN3O2. The summed E-state index contributed by atoms with van der Waals surface area (Å²) in [5.74, 6) is -1.63. The van der Waals surface area contributed by atoms with Crippen LogP contribution in [-0.2, 0) is 9.59 Å². The largest absolute Gasteiger partial charge is 0.397 e. The van der Waals surface area contributed by atoms with Crippen molar-refractivity contribution in [3.63, 3.8) is 0 Å². The molecule has 2 aromatic rings. The molecule has 0 saturated carbocycles. The molecule has 0 saturated heterocycles. The van der Waals surface area contributed by atoms with Gasteiger partial charge >= 0.3 is 11.8 Å². The number of hydrogen-bond donors (Lipinski definition) is 3. The highest BCUT2D eigenvalue weighted by Crippen LogP contribution is 2.21. The number of anilines is 3. The molecule has 0 aliphatic heterocycles. The van der Waals surface area contributed by atoms with E-state index in [1.54, 1.807) is 42.5 Å². The number of carbonyl (C=O) groups is 2. The Labute approximate surface area is 127 Å². The fraction of sp³-hybridized carbons (Fsp3) is 0.0667. The molecule has 2 aromatic carbocycles. The maximum Gasteiger partial charge on any atom is 0.314 e. The number of hydrogen-bond acceptors (Lipinski definition) is 3. The number of para-hydroxylation sites is 1. The van der Waals surface area contributed by atoms with Gasteiger partial charge in [-0.15, -0.1) is 0 Å². The van der Waals surface area contributed by atoms with Crippen molar-refractivity contribution in [2.75, 3.05) is 16.4 Å². The Morgan fingerprint density at radius 1 is 1.00 bits per heavy atom. The first-order valence-electron chi connectivity index (χ1n) is 6.20. The third-order valence-electron chi connectivity index (χ3n) is 2.78. The number of amides is 2. The van der Waals surface area contributed by atoms with Crippen LogP contribution >= 0.6 is 11.6 Å². The molecule has 2 rings (SSSR count). The molecule has 0 spiro atoms. The van der Waals surface area contributed by atoms with E-state index in [0.29, 0.717) is 22.1 Å². The number of rotatable bonds is 2. The number of nitrogens with two attached hydrogens (primary N) is 1. The van der Waals surface area contributed by atoms with E-state index in [1.165, 1.54) is 0 Å². The summed E-state index contributed by atoms with van der Waals surface area (Å²) < 4.78 is 0. The van der Waals surface area contributed by atoms with Crippen LogP contribution in [0.1, 0.15) is 5.56 Å². The molecule has 2 amide bonds. The van der Waals surface area contributed by atoms with Crippen LogP contribution in [0.15, 0.2) is 42.5 Å². The van der Waals surface area contributed by atoms with Crippen LogP contribution in [0.2, 0.25) is 5.02 Å². The van der Waals surface area contributed by atoms with E-state index < -0.39 is 11.8 Å². The molecule has 0 fully saturated rings. The summed E-state index contributed by atoms with van der Waals surface area (Å²) in [6.45, 7) is 1.88. The molecular weight excluding hydrogens is 290 g/mol. The molecule has 5 nitrogen and oxygen atoms in total. The summed E-state index contributed by atoms with van der Waals surface area (Å²) in [6, 6.07) is 11.8. The van der Waals surface area contributed by atoms with Gasteiger partial charge < -0.3 is 16.4 Å². The highest BCUT2D eigenvalue weighted by Gasteiger charge is 2.16. The molecule has 108 valence electrons. The maximum absolute atomic E-state index is 11.8. The molecule has 0 aliphatic carbocycles. The lowest BCUT2D eigenvalue weighted by Gasteiger charge is -2.09. The van der Waals surface area contributed by atoms with Crippen LogP contribution < -0.4 is 16.4 Å². The summed E-state index contributed by atoms with van der Waals surface area (Å²) in [6.07, 6.45) is 0. The Kier molecular flexibility index (Phi) is 4.45. The lowest BCUT2D eigenvalue weighted by molar-refractivity contribution is -0.132. The lowest BCUT2D eigenvalue weighted by atomic mass is 10.2. The predicted octanol–water partition coefficient (Wildman–Crippen LogP) is 2.81. The highest BCUT2D eigenvalue weighted by atomic mass is 35.5. The summed E-state index contributed by atoms with van der Waals surface area (Å²) >= 11 is 5.91. The summed E-state index contributed by atoms with van der Waals surface area (Å²) in [5.41, 5.74) is 7.90. The van der Waals surface area contributed by atoms with Crippen LogP contribution in [-0.4, -0.2) is 11.8 Å². The van der Waals surface area contributed by atoms with E-state index in [0.717, 1.165) is 5.56 Å². The van der Waals surface area contributed by atoms with Crippen LogP contribution in [0.25, 0.3) is 0 Å². The summed E-state index contributed by atoms with van der Waals surface area (Å²) in [4.78, 5) is 23.7. The van der Waals surface area contributed by atoms with Gasteiger partial charge in [-0.2, -0.15) is 0 Å². The molecule has 0 aromatic heterocycles. The van der Waals surface area contributed by atoms with Gasteiger partial charge in [0.05, 0.1) is 22.1 Å². The van der Waals surface area contributed by atoms with Crippen LogP contribution in [0, 0.1) is 6.92 Å². The lowest BCUT2D eigenvalue weighted by Crippen LogP contribution is -2.29. The van der Waals surface area contributed by atoms with Crippen LogP contribution in [0.4, 0.5) is 17.1 Å². The van der Waals surface area contributed by atoms with Gasteiger partial charge in [0.1, 0.15) is 0 Å². The van der Waals surface area contributed by atoms with Gasteiger partial charge in [-0.25, -0.2) is 0 Å². The van der Waals surface area contributed by atoms with Crippen molar-refractivity contribution >= 4 is 40.5 Å². The zero-order chi connectivity index (χ0) is 15.4. The normalized spacial score (nSPS) is 10.0. The standard InChI is InChI=1S/C15H14ClN3O2/c1-9-6-7-13(11(17)8-9)19-15(21)14(20)18-12-5-3-2-4-10(12)16/h2-8H,17H2,1H3,(H,18,20)(H,19,21). The Hall–Kier alpha value is -2.53. The minimum absolute atomic E-state index is 0.355. The zero-order valence-electron chi connectivity index (χ0n) is 11.3. The molecule has 0 aliphatic rings.